The van der Waals surface area contributed by atoms with Gasteiger partial charge in [-0.2, -0.15) is 0 Å². The van der Waals surface area contributed by atoms with Gasteiger partial charge in [0, 0.05) is 0 Å². The Labute approximate surface area is 58.0 Å². The van der Waals surface area contributed by atoms with Gasteiger partial charge in [-0.1, -0.05) is 18.9 Å². The Morgan fingerprint density at radius 3 is 2.56 bits per heavy atom. The van der Waals surface area contributed by atoms with E-state index in [0.717, 1.165) is 11.8 Å². The Hall–Kier alpha value is -0.260. The van der Waals surface area contributed by atoms with Crippen LogP contribution in [0.3, 0.4) is 0 Å². The minimum atomic E-state index is 1.01. The number of allylic oxidation sites excluding steroid dienone is 1. The summed E-state index contributed by atoms with van der Waals surface area (Å²) in [5, 5.41) is 0. The molecule has 1 aliphatic rings. The molecule has 0 aromatic rings. The van der Waals surface area contributed by atoms with Gasteiger partial charge in [0.2, 0.25) is 0 Å². The van der Waals surface area contributed by atoms with Gasteiger partial charge in [-0.05, 0) is 31.6 Å². The molecule has 52 valence electrons. The molecule has 9 heavy (non-hydrogen) atoms. The molecule has 0 aliphatic heterocycles. The molecule has 0 nitrogen and oxygen atoms in total. The first-order chi connectivity index (χ1) is 4.24. The van der Waals surface area contributed by atoms with Gasteiger partial charge in [0.15, 0.2) is 0 Å². The molecule has 2 atom stereocenters. The lowest BCUT2D eigenvalue weighted by Gasteiger charge is -1.94. The van der Waals surface area contributed by atoms with Crippen LogP contribution in [0.4, 0.5) is 0 Å². The maximum Gasteiger partial charge on any atom is -0.0295 e. The summed E-state index contributed by atoms with van der Waals surface area (Å²) in [6.07, 6.45) is 4.11. The molecule has 0 spiro atoms. The fourth-order valence-corrected chi connectivity index (χ4v) is 1.51. The van der Waals surface area contributed by atoms with Gasteiger partial charge >= 0.3 is 0 Å². The Morgan fingerprint density at radius 2 is 2.22 bits per heavy atom. The average Bonchev–Trinajstić information content (AvgIpc) is 2.45. The van der Waals surface area contributed by atoms with Gasteiger partial charge < -0.3 is 0 Å². The largest absolute Gasteiger partial charge is 0.100 e. The molecule has 0 heteroatoms. The van der Waals surface area contributed by atoms with Crippen molar-refractivity contribution in [3.05, 3.63) is 12.2 Å². The highest BCUT2D eigenvalue weighted by Gasteiger charge is 2.34. The van der Waals surface area contributed by atoms with Crippen LogP contribution in [-0.2, 0) is 0 Å². The molecule has 0 heterocycles. The first-order valence-electron chi connectivity index (χ1n) is 3.88. The zero-order valence-corrected chi connectivity index (χ0v) is 6.48. The van der Waals surface area contributed by atoms with E-state index >= 15 is 0 Å². The number of hydrogen-bond donors (Lipinski definition) is 0. The van der Waals surface area contributed by atoms with Crippen molar-refractivity contribution in [2.75, 3.05) is 0 Å². The summed E-state index contributed by atoms with van der Waals surface area (Å²) in [7, 11) is 0. The molecule has 1 saturated carbocycles. The van der Waals surface area contributed by atoms with Crippen LogP contribution in [0, 0.1) is 11.8 Å². The van der Waals surface area contributed by atoms with Crippen LogP contribution in [0.15, 0.2) is 12.2 Å². The van der Waals surface area contributed by atoms with Crippen molar-refractivity contribution in [2.24, 2.45) is 11.8 Å². The molecule has 1 fully saturated rings. The summed E-state index contributed by atoms with van der Waals surface area (Å²) in [5.41, 5.74) is 1.36. The van der Waals surface area contributed by atoms with Crippen LogP contribution in [0.25, 0.3) is 0 Å². The van der Waals surface area contributed by atoms with Gasteiger partial charge in [0.05, 0.1) is 0 Å². The second-order valence-corrected chi connectivity index (χ2v) is 3.33. The van der Waals surface area contributed by atoms with E-state index in [1.54, 1.807) is 0 Å². The molecule has 2 unspecified atom stereocenters. The predicted octanol–water partition coefficient (Wildman–Crippen LogP) is 3.00. The molecular formula is C9H16. The van der Waals surface area contributed by atoms with Gasteiger partial charge in [0.1, 0.15) is 0 Å². The SMILES string of the molecule is C=C(C)CC1CC1CC. The molecule has 0 N–H and O–H groups in total. The summed E-state index contributed by atoms with van der Waals surface area (Å²) in [4.78, 5) is 0. The van der Waals surface area contributed by atoms with E-state index in [0.29, 0.717) is 0 Å². The first kappa shape index (κ1) is 6.85. The quantitative estimate of drug-likeness (QED) is 0.507. The fraction of sp³-hybridized carbons (Fsp3) is 0.778. The van der Waals surface area contributed by atoms with Crippen LogP contribution < -0.4 is 0 Å². The molecule has 1 rings (SSSR count). The van der Waals surface area contributed by atoms with Crippen LogP contribution in [-0.4, -0.2) is 0 Å². The predicted molar refractivity (Wildman–Crippen MR) is 41.3 cm³/mol. The van der Waals surface area contributed by atoms with Gasteiger partial charge in [-0.15, -0.1) is 6.58 Å². The van der Waals surface area contributed by atoms with E-state index in [1.165, 1.54) is 24.8 Å². The van der Waals surface area contributed by atoms with Crippen molar-refractivity contribution >= 4 is 0 Å². The van der Waals surface area contributed by atoms with Crippen molar-refractivity contribution < 1.29 is 0 Å². The minimum absolute atomic E-state index is 1.01. The Morgan fingerprint density at radius 1 is 1.56 bits per heavy atom. The third-order valence-electron chi connectivity index (χ3n) is 2.20. The highest BCUT2D eigenvalue weighted by Crippen LogP contribution is 2.44. The van der Waals surface area contributed by atoms with E-state index in [9.17, 15) is 0 Å². The van der Waals surface area contributed by atoms with Crippen molar-refractivity contribution in [2.45, 2.75) is 33.1 Å². The third-order valence-corrected chi connectivity index (χ3v) is 2.20. The monoisotopic (exact) mass is 124 g/mol. The second-order valence-electron chi connectivity index (χ2n) is 3.33. The molecule has 0 aromatic carbocycles. The summed E-state index contributed by atoms with van der Waals surface area (Å²) < 4.78 is 0. The van der Waals surface area contributed by atoms with Gasteiger partial charge in [-0.25, -0.2) is 0 Å². The molecule has 0 bridgehead atoms. The van der Waals surface area contributed by atoms with E-state index in [2.05, 4.69) is 20.4 Å². The topological polar surface area (TPSA) is 0 Å². The van der Waals surface area contributed by atoms with E-state index < -0.39 is 0 Å². The summed E-state index contributed by atoms with van der Waals surface area (Å²) in [5.74, 6) is 2.05. The third kappa shape index (κ3) is 1.85. The first-order valence-corrected chi connectivity index (χ1v) is 3.88. The second kappa shape index (κ2) is 2.55. The maximum atomic E-state index is 3.90. The molecular weight excluding hydrogens is 108 g/mol. The van der Waals surface area contributed by atoms with E-state index in [-0.39, 0.29) is 0 Å². The Balaban J connectivity index is 2.12. The molecule has 0 amide bonds. The Bertz CT molecular complexity index is 113. The van der Waals surface area contributed by atoms with Crippen LogP contribution in [0.1, 0.15) is 33.1 Å². The molecule has 0 radical (unpaired) electrons. The zero-order chi connectivity index (χ0) is 6.85. The van der Waals surface area contributed by atoms with Crippen LogP contribution in [0.5, 0.6) is 0 Å². The standard InChI is InChI=1S/C9H16/c1-4-8-6-9(8)5-7(2)3/h8-9H,2,4-6H2,1,3H3. The lowest BCUT2D eigenvalue weighted by atomic mass is 10.1. The van der Waals surface area contributed by atoms with Crippen molar-refractivity contribution in [3.8, 4) is 0 Å². The smallest absolute Gasteiger partial charge is 0.0295 e. The van der Waals surface area contributed by atoms with Crippen molar-refractivity contribution in [1.29, 1.82) is 0 Å². The summed E-state index contributed by atoms with van der Waals surface area (Å²) >= 11 is 0. The maximum absolute atomic E-state index is 3.90. The van der Waals surface area contributed by atoms with Crippen molar-refractivity contribution in [1.82, 2.24) is 0 Å². The summed E-state index contributed by atoms with van der Waals surface area (Å²) in [6.45, 7) is 8.31. The highest BCUT2D eigenvalue weighted by atomic mass is 14.4. The van der Waals surface area contributed by atoms with E-state index in [1.807, 2.05) is 0 Å². The van der Waals surface area contributed by atoms with Gasteiger partial charge in [0.25, 0.3) is 0 Å². The van der Waals surface area contributed by atoms with Crippen LogP contribution >= 0.6 is 0 Å². The lowest BCUT2D eigenvalue weighted by molar-refractivity contribution is 0.675. The number of hydrogen-bond acceptors (Lipinski definition) is 0. The summed E-state index contributed by atoms with van der Waals surface area (Å²) in [6, 6.07) is 0. The average molecular weight is 124 g/mol. The van der Waals surface area contributed by atoms with E-state index in [4.69, 9.17) is 0 Å². The minimum Gasteiger partial charge on any atom is -0.100 e. The molecule has 0 aromatic heterocycles. The van der Waals surface area contributed by atoms with Gasteiger partial charge in [-0.3, -0.25) is 0 Å². The van der Waals surface area contributed by atoms with Crippen LogP contribution in [0.2, 0.25) is 0 Å². The normalized spacial score (nSPS) is 32.2. The van der Waals surface area contributed by atoms with Crippen molar-refractivity contribution in [3.63, 3.8) is 0 Å². The fourth-order valence-electron chi connectivity index (χ4n) is 1.51. The Kier molecular flexibility index (Phi) is 1.94. The molecule has 0 saturated heterocycles. The molecule has 1 aliphatic carbocycles. The number of rotatable bonds is 3. The lowest BCUT2D eigenvalue weighted by Crippen LogP contribution is -1.81. The zero-order valence-electron chi connectivity index (χ0n) is 6.48. The highest BCUT2D eigenvalue weighted by molar-refractivity contribution is 4.98.